The standard InChI is InChI=1S/C17H20N4OS/c1-3-21-14-7-5-4-6-13(14)19-16(21)23-10-15(22)20-17(2,11-18)12-8-9-12/h4-7,12H,3,8-10H2,1-2H3,(H,20,22). The zero-order valence-electron chi connectivity index (χ0n) is 13.4. The monoisotopic (exact) mass is 328 g/mol. The van der Waals surface area contributed by atoms with Crippen molar-refractivity contribution in [1.82, 2.24) is 14.9 Å². The smallest absolute Gasteiger partial charge is 0.231 e. The number of fused-ring (bicyclic) bond motifs is 1. The highest BCUT2D eigenvalue weighted by Gasteiger charge is 2.42. The predicted molar refractivity (Wildman–Crippen MR) is 91.0 cm³/mol. The van der Waals surface area contributed by atoms with Crippen LogP contribution < -0.4 is 5.32 Å². The molecule has 1 aliphatic carbocycles. The van der Waals surface area contributed by atoms with Crippen LogP contribution in [0, 0.1) is 17.2 Å². The maximum atomic E-state index is 12.2. The van der Waals surface area contributed by atoms with E-state index in [4.69, 9.17) is 0 Å². The van der Waals surface area contributed by atoms with E-state index < -0.39 is 5.54 Å². The van der Waals surface area contributed by atoms with Crippen LogP contribution in [0.4, 0.5) is 0 Å². The first-order valence-corrected chi connectivity index (χ1v) is 8.86. The lowest BCUT2D eigenvalue weighted by atomic mass is 9.98. The number of amides is 1. The van der Waals surface area contributed by atoms with Gasteiger partial charge in [0.05, 0.1) is 22.9 Å². The van der Waals surface area contributed by atoms with Crippen LogP contribution >= 0.6 is 11.8 Å². The number of thioether (sulfide) groups is 1. The molecule has 0 spiro atoms. The van der Waals surface area contributed by atoms with E-state index in [0.717, 1.165) is 35.6 Å². The number of carbonyl (C=O) groups is 1. The van der Waals surface area contributed by atoms with Crippen LogP contribution in [0.5, 0.6) is 0 Å². The fourth-order valence-electron chi connectivity index (χ4n) is 2.81. The van der Waals surface area contributed by atoms with Gasteiger partial charge in [0.15, 0.2) is 5.16 Å². The first-order chi connectivity index (χ1) is 11.1. The SMILES string of the molecule is CCn1c(SCC(=O)NC(C)(C#N)C2CC2)nc2ccccc21. The topological polar surface area (TPSA) is 70.7 Å². The molecule has 1 N–H and O–H groups in total. The van der Waals surface area contributed by atoms with E-state index in [2.05, 4.69) is 27.9 Å². The minimum Gasteiger partial charge on any atom is -0.337 e. The molecule has 1 atom stereocenters. The quantitative estimate of drug-likeness (QED) is 0.828. The number of benzene rings is 1. The highest BCUT2D eigenvalue weighted by molar-refractivity contribution is 7.99. The maximum Gasteiger partial charge on any atom is 0.231 e. The molecule has 0 saturated heterocycles. The van der Waals surface area contributed by atoms with Gasteiger partial charge in [0.2, 0.25) is 5.91 Å². The number of aromatic nitrogens is 2. The number of nitrogens with zero attached hydrogens (tertiary/aromatic N) is 3. The summed E-state index contributed by atoms with van der Waals surface area (Å²) in [5, 5.41) is 13.0. The van der Waals surface area contributed by atoms with E-state index >= 15 is 0 Å². The molecule has 1 amide bonds. The average molecular weight is 328 g/mol. The number of nitrogens with one attached hydrogen (secondary N) is 1. The molecule has 2 aromatic rings. The fourth-order valence-corrected chi connectivity index (χ4v) is 3.69. The third kappa shape index (κ3) is 3.20. The Labute approximate surface area is 140 Å². The zero-order valence-corrected chi connectivity index (χ0v) is 14.2. The third-order valence-corrected chi connectivity index (χ3v) is 5.27. The summed E-state index contributed by atoms with van der Waals surface area (Å²) >= 11 is 1.42. The van der Waals surface area contributed by atoms with E-state index in [1.807, 2.05) is 31.2 Å². The Bertz CT molecular complexity index is 774. The highest BCUT2D eigenvalue weighted by atomic mass is 32.2. The van der Waals surface area contributed by atoms with Gasteiger partial charge in [0.1, 0.15) is 5.54 Å². The lowest BCUT2D eigenvalue weighted by molar-refractivity contribution is -0.119. The molecule has 1 aliphatic rings. The number of nitriles is 1. The Morgan fingerprint density at radius 1 is 1.52 bits per heavy atom. The Balaban J connectivity index is 1.68. The normalized spacial score (nSPS) is 16.7. The summed E-state index contributed by atoms with van der Waals surface area (Å²) in [6.07, 6.45) is 2.03. The number of aryl methyl sites for hydroxylation is 1. The van der Waals surface area contributed by atoms with Gasteiger partial charge >= 0.3 is 0 Å². The van der Waals surface area contributed by atoms with Crippen molar-refractivity contribution in [3.63, 3.8) is 0 Å². The van der Waals surface area contributed by atoms with Gasteiger partial charge in [0.25, 0.3) is 0 Å². The summed E-state index contributed by atoms with van der Waals surface area (Å²) in [6.45, 7) is 4.69. The van der Waals surface area contributed by atoms with Crippen molar-refractivity contribution in [1.29, 1.82) is 5.26 Å². The van der Waals surface area contributed by atoms with Crippen molar-refractivity contribution >= 4 is 28.7 Å². The van der Waals surface area contributed by atoms with Crippen LogP contribution in [0.2, 0.25) is 0 Å². The van der Waals surface area contributed by atoms with Gasteiger partial charge < -0.3 is 9.88 Å². The molecule has 6 heteroatoms. The fraction of sp³-hybridized carbons (Fsp3) is 0.471. The van der Waals surface area contributed by atoms with Gasteiger partial charge in [0, 0.05) is 6.54 Å². The molecule has 120 valence electrons. The molecule has 1 aromatic carbocycles. The number of imidazole rings is 1. The number of rotatable bonds is 6. The third-order valence-electron chi connectivity index (χ3n) is 4.29. The molecule has 1 aromatic heterocycles. The Morgan fingerprint density at radius 2 is 2.26 bits per heavy atom. The first-order valence-electron chi connectivity index (χ1n) is 7.87. The second-order valence-electron chi connectivity index (χ2n) is 6.05. The molecule has 0 aliphatic heterocycles. The van der Waals surface area contributed by atoms with Crippen molar-refractivity contribution in [3.05, 3.63) is 24.3 Å². The van der Waals surface area contributed by atoms with Crippen LogP contribution in [-0.2, 0) is 11.3 Å². The minimum absolute atomic E-state index is 0.111. The van der Waals surface area contributed by atoms with Crippen LogP contribution in [0.1, 0.15) is 26.7 Å². The van der Waals surface area contributed by atoms with Gasteiger partial charge in [-0.15, -0.1) is 0 Å². The van der Waals surface area contributed by atoms with Crippen molar-refractivity contribution in [2.75, 3.05) is 5.75 Å². The van der Waals surface area contributed by atoms with Gasteiger partial charge in [-0.3, -0.25) is 4.79 Å². The van der Waals surface area contributed by atoms with Gasteiger partial charge in [-0.25, -0.2) is 4.98 Å². The van der Waals surface area contributed by atoms with Crippen LogP contribution in [-0.4, -0.2) is 26.8 Å². The lowest BCUT2D eigenvalue weighted by Gasteiger charge is -2.22. The lowest BCUT2D eigenvalue weighted by Crippen LogP contribution is -2.47. The second-order valence-corrected chi connectivity index (χ2v) is 7.00. The largest absolute Gasteiger partial charge is 0.337 e. The summed E-state index contributed by atoms with van der Waals surface area (Å²) in [6, 6.07) is 10.2. The molecule has 1 unspecified atom stereocenters. The van der Waals surface area contributed by atoms with E-state index in [9.17, 15) is 10.1 Å². The van der Waals surface area contributed by atoms with Crippen molar-refractivity contribution < 1.29 is 4.79 Å². The molecule has 3 rings (SSSR count). The first kappa shape index (κ1) is 15.9. The van der Waals surface area contributed by atoms with E-state index in [0.29, 0.717) is 5.92 Å². The number of para-hydroxylation sites is 2. The number of carbonyl (C=O) groups excluding carboxylic acids is 1. The van der Waals surface area contributed by atoms with Gasteiger partial charge in [-0.2, -0.15) is 5.26 Å². The molecular formula is C17H20N4OS. The van der Waals surface area contributed by atoms with Gasteiger partial charge in [-0.05, 0) is 44.7 Å². The number of hydrogen-bond acceptors (Lipinski definition) is 4. The van der Waals surface area contributed by atoms with Crippen LogP contribution in [0.25, 0.3) is 11.0 Å². The number of hydrogen-bond donors (Lipinski definition) is 1. The summed E-state index contributed by atoms with van der Waals surface area (Å²) in [4.78, 5) is 16.8. The zero-order chi connectivity index (χ0) is 16.4. The Morgan fingerprint density at radius 3 is 2.91 bits per heavy atom. The minimum atomic E-state index is -0.734. The average Bonchev–Trinajstić information content (AvgIpc) is 3.34. The molecule has 1 saturated carbocycles. The Hall–Kier alpha value is -2.00. The molecular weight excluding hydrogens is 308 g/mol. The Kier molecular flexibility index (Phi) is 4.31. The van der Waals surface area contributed by atoms with E-state index in [1.165, 1.54) is 11.8 Å². The molecule has 23 heavy (non-hydrogen) atoms. The summed E-state index contributed by atoms with van der Waals surface area (Å²) in [7, 11) is 0. The molecule has 5 nitrogen and oxygen atoms in total. The maximum absolute atomic E-state index is 12.2. The molecule has 0 radical (unpaired) electrons. The summed E-state index contributed by atoms with van der Waals surface area (Å²) < 4.78 is 2.11. The second kappa shape index (κ2) is 6.25. The summed E-state index contributed by atoms with van der Waals surface area (Å²) in [5.41, 5.74) is 1.29. The van der Waals surface area contributed by atoms with E-state index in [-0.39, 0.29) is 11.7 Å². The molecule has 1 fully saturated rings. The predicted octanol–water partition coefficient (Wildman–Crippen LogP) is 2.96. The molecule has 1 heterocycles. The molecule has 0 bridgehead atoms. The van der Waals surface area contributed by atoms with Crippen molar-refractivity contribution in [3.8, 4) is 6.07 Å². The summed E-state index contributed by atoms with van der Waals surface area (Å²) in [5.74, 6) is 0.454. The van der Waals surface area contributed by atoms with Crippen molar-refractivity contribution in [2.24, 2.45) is 5.92 Å². The van der Waals surface area contributed by atoms with Crippen molar-refractivity contribution in [2.45, 2.75) is 43.9 Å². The van der Waals surface area contributed by atoms with E-state index in [1.54, 1.807) is 0 Å². The van der Waals surface area contributed by atoms with Gasteiger partial charge in [-0.1, -0.05) is 23.9 Å². The van der Waals surface area contributed by atoms with Crippen LogP contribution in [0.15, 0.2) is 29.4 Å². The highest BCUT2D eigenvalue weighted by Crippen LogP contribution is 2.39. The van der Waals surface area contributed by atoms with Crippen LogP contribution in [0.3, 0.4) is 0 Å².